The van der Waals surface area contributed by atoms with E-state index in [9.17, 15) is 9.59 Å². The average Bonchev–Trinajstić information content (AvgIpc) is 3.39. The molecule has 0 aliphatic carbocycles. The summed E-state index contributed by atoms with van der Waals surface area (Å²) in [5, 5.41) is 6.50. The molecule has 2 amide bonds. The van der Waals surface area contributed by atoms with Gasteiger partial charge in [-0.3, -0.25) is 19.9 Å². The third kappa shape index (κ3) is 4.31. The Morgan fingerprint density at radius 3 is 2.64 bits per heavy atom. The van der Waals surface area contributed by atoms with Gasteiger partial charge in [0.25, 0.3) is 5.91 Å². The number of likely N-dealkylation sites (tertiary alicyclic amines) is 1. The second kappa shape index (κ2) is 8.67. The van der Waals surface area contributed by atoms with Gasteiger partial charge in [-0.1, -0.05) is 17.3 Å². The van der Waals surface area contributed by atoms with Crippen LogP contribution in [-0.4, -0.2) is 39.9 Å². The third-order valence-electron chi connectivity index (χ3n) is 5.61. The zero-order valence-corrected chi connectivity index (χ0v) is 19.0. The van der Waals surface area contributed by atoms with E-state index in [0.717, 1.165) is 35.3 Å². The van der Waals surface area contributed by atoms with Crippen LogP contribution in [0.15, 0.2) is 53.2 Å². The van der Waals surface area contributed by atoms with Crippen LogP contribution in [0.5, 0.6) is 11.5 Å². The Bertz CT molecular complexity index is 1320. The van der Waals surface area contributed by atoms with Crippen LogP contribution in [0, 0.1) is 6.92 Å². The summed E-state index contributed by atoms with van der Waals surface area (Å²) in [7, 11) is 0. The van der Waals surface area contributed by atoms with Gasteiger partial charge in [0.2, 0.25) is 11.8 Å². The molecule has 1 unspecified atom stereocenters. The van der Waals surface area contributed by atoms with Crippen molar-refractivity contribution in [2.75, 3.05) is 18.4 Å². The second-order valence-corrected chi connectivity index (χ2v) is 9.05. The largest absolute Gasteiger partial charge is 0.456 e. The number of pyridine rings is 1. The van der Waals surface area contributed by atoms with Crippen molar-refractivity contribution in [3.05, 3.63) is 64.8 Å². The number of hydrogen-bond donors (Lipinski definition) is 1. The maximum absolute atomic E-state index is 12.6. The first-order valence-corrected chi connectivity index (χ1v) is 11.5. The van der Waals surface area contributed by atoms with Gasteiger partial charge in [0, 0.05) is 31.4 Å². The minimum Gasteiger partial charge on any atom is -0.456 e. The molecule has 0 radical (unpaired) electrons. The van der Waals surface area contributed by atoms with E-state index in [4.69, 9.17) is 9.26 Å². The molecule has 5 rings (SSSR count). The number of rotatable bonds is 6. The molecule has 1 fully saturated rings. The van der Waals surface area contributed by atoms with Gasteiger partial charge < -0.3 is 14.2 Å². The first-order valence-electron chi connectivity index (χ1n) is 10.7. The number of benzene rings is 1. The van der Waals surface area contributed by atoms with Crippen molar-refractivity contribution < 1.29 is 18.8 Å². The molecule has 1 aliphatic rings. The Labute approximate surface area is 194 Å². The molecule has 0 saturated carbocycles. The third-order valence-corrected chi connectivity index (χ3v) is 6.73. The molecule has 8 nitrogen and oxygen atoms in total. The van der Waals surface area contributed by atoms with Crippen LogP contribution in [-0.2, 0) is 4.79 Å². The highest BCUT2D eigenvalue weighted by atomic mass is 32.1. The lowest BCUT2D eigenvalue weighted by Gasteiger charge is -2.30. The van der Waals surface area contributed by atoms with Crippen LogP contribution in [0.4, 0.5) is 5.88 Å². The van der Waals surface area contributed by atoms with Crippen LogP contribution < -0.4 is 10.1 Å². The molecular weight excluding hydrogens is 440 g/mol. The van der Waals surface area contributed by atoms with E-state index in [0.29, 0.717) is 28.0 Å². The van der Waals surface area contributed by atoms with Gasteiger partial charge in [0.15, 0.2) is 0 Å². The average molecular weight is 463 g/mol. The first kappa shape index (κ1) is 21.1. The summed E-state index contributed by atoms with van der Waals surface area (Å²) in [5.74, 6) is 1.08. The molecule has 168 valence electrons. The molecule has 1 saturated heterocycles. The van der Waals surface area contributed by atoms with E-state index < -0.39 is 0 Å². The van der Waals surface area contributed by atoms with Crippen molar-refractivity contribution in [3.8, 4) is 11.5 Å². The predicted octanol–water partition coefficient (Wildman–Crippen LogP) is 4.97. The zero-order valence-electron chi connectivity index (χ0n) is 18.2. The number of aryl methyl sites for hydroxylation is 1. The fourth-order valence-corrected chi connectivity index (χ4v) is 4.56. The van der Waals surface area contributed by atoms with Crippen molar-refractivity contribution in [1.82, 2.24) is 15.0 Å². The Kier molecular flexibility index (Phi) is 5.55. The maximum atomic E-state index is 12.6. The summed E-state index contributed by atoms with van der Waals surface area (Å²) in [6, 6.07) is 12.7. The zero-order chi connectivity index (χ0) is 22.9. The summed E-state index contributed by atoms with van der Waals surface area (Å²) in [6.07, 6.45) is 2.73. The molecule has 4 heterocycles. The molecular formula is C24H22N4O4S. The van der Waals surface area contributed by atoms with E-state index >= 15 is 0 Å². The topological polar surface area (TPSA) is 97.6 Å². The van der Waals surface area contributed by atoms with E-state index in [1.807, 2.05) is 42.2 Å². The summed E-state index contributed by atoms with van der Waals surface area (Å²) in [6.45, 7) is 5.23. The highest BCUT2D eigenvalue weighted by Crippen LogP contribution is 2.36. The van der Waals surface area contributed by atoms with Crippen LogP contribution in [0.3, 0.4) is 0 Å². The number of nitrogens with one attached hydrogen (secondary N) is 1. The monoisotopic (exact) mass is 462 g/mol. The summed E-state index contributed by atoms with van der Waals surface area (Å²) in [5.41, 5.74) is 2.29. The van der Waals surface area contributed by atoms with Crippen molar-refractivity contribution in [3.63, 3.8) is 0 Å². The number of aromatic nitrogens is 2. The quantitative estimate of drug-likeness (QED) is 0.434. The van der Waals surface area contributed by atoms with Crippen LogP contribution in [0.2, 0.25) is 0 Å². The van der Waals surface area contributed by atoms with Gasteiger partial charge >= 0.3 is 0 Å². The molecule has 1 atom stereocenters. The van der Waals surface area contributed by atoms with E-state index in [1.54, 1.807) is 25.3 Å². The molecule has 3 aromatic heterocycles. The normalized spacial score (nSPS) is 14.1. The number of amides is 2. The Morgan fingerprint density at radius 2 is 1.97 bits per heavy atom. The number of anilines is 1. The number of carbonyl (C=O) groups excluding carboxylic acids is 2. The predicted molar refractivity (Wildman–Crippen MR) is 125 cm³/mol. The summed E-state index contributed by atoms with van der Waals surface area (Å²) >= 11 is 1.40. The van der Waals surface area contributed by atoms with Crippen molar-refractivity contribution in [2.45, 2.75) is 26.2 Å². The highest BCUT2D eigenvalue weighted by Gasteiger charge is 2.24. The number of nitrogens with zero attached hydrogens (tertiary/aromatic N) is 3. The van der Waals surface area contributed by atoms with Gasteiger partial charge in [-0.2, -0.15) is 0 Å². The van der Waals surface area contributed by atoms with Gasteiger partial charge in [-0.15, -0.1) is 11.3 Å². The number of fused-ring (bicyclic) bond motifs is 1. The fraction of sp³-hybridized carbons (Fsp3) is 0.250. The Morgan fingerprint density at radius 1 is 1.18 bits per heavy atom. The van der Waals surface area contributed by atoms with Crippen molar-refractivity contribution >= 4 is 39.3 Å². The van der Waals surface area contributed by atoms with Gasteiger partial charge in [-0.05, 0) is 44.0 Å². The molecule has 33 heavy (non-hydrogen) atoms. The van der Waals surface area contributed by atoms with E-state index in [1.165, 1.54) is 11.3 Å². The summed E-state index contributed by atoms with van der Waals surface area (Å²) in [4.78, 5) is 32.0. The van der Waals surface area contributed by atoms with Gasteiger partial charge in [0.05, 0.1) is 26.7 Å². The fourth-order valence-electron chi connectivity index (χ4n) is 3.53. The lowest BCUT2D eigenvalue weighted by atomic mass is 10.0. The lowest BCUT2D eigenvalue weighted by molar-refractivity contribution is -0.117. The second-order valence-electron chi connectivity index (χ2n) is 7.99. The number of hydrogen-bond acceptors (Lipinski definition) is 7. The van der Waals surface area contributed by atoms with E-state index in [2.05, 4.69) is 15.5 Å². The highest BCUT2D eigenvalue weighted by molar-refractivity contribution is 7.21. The van der Waals surface area contributed by atoms with Crippen LogP contribution in [0.25, 0.3) is 10.2 Å². The van der Waals surface area contributed by atoms with Crippen LogP contribution in [0.1, 0.15) is 40.2 Å². The smallest absolute Gasteiger partial charge is 0.264 e. The molecule has 4 aromatic rings. The Balaban J connectivity index is 1.30. The molecule has 0 bridgehead atoms. The van der Waals surface area contributed by atoms with Gasteiger partial charge in [-0.25, -0.2) is 0 Å². The Hall–Kier alpha value is -3.72. The maximum Gasteiger partial charge on any atom is 0.264 e. The molecule has 1 aliphatic heterocycles. The number of thiophene rings is 1. The number of ether oxygens (including phenoxy) is 1. The summed E-state index contributed by atoms with van der Waals surface area (Å²) < 4.78 is 12.0. The van der Waals surface area contributed by atoms with E-state index in [-0.39, 0.29) is 17.7 Å². The molecule has 9 heteroatoms. The molecule has 0 spiro atoms. The SMILES string of the molecule is Cc1cc(NC(=O)C(C)c2ccc(Oc3ccnc4cc(C(=O)N5CCC5)sc34)cc2)on1. The lowest BCUT2D eigenvalue weighted by Crippen LogP contribution is -2.41. The molecule has 1 N–H and O–H groups in total. The van der Waals surface area contributed by atoms with Gasteiger partial charge in [0.1, 0.15) is 11.5 Å². The number of carbonyl (C=O) groups is 2. The van der Waals surface area contributed by atoms with Crippen LogP contribution >= 0.6 is 11.3 Å². The minimum absolute atomic E-state index is 0.0484. The minimum atomic E-state index is -0.385. The standard InChI is InChI=1S/C24H22N4O4S/c1-14-12-21(32-27-14)26-23(29)15(2)16-4-6-17(7-5-16)31-19-8-9-25-18-13-20(33-22(18)19)24(30)28-10-3-11-28/h4-9,12-13,15H,3,10-11H2,1-2H3,(H,26,29). The van der Waals surface area contributed by atoms with Crippen molar-refractivity contribution in [1.29, 1.82) is 0 Å². The first-order chi connectivity index (χ1) is 16.0. The molecule has 1 aromatic carbocycles. The van der Waals surface area contributed by atoms with Crippen molar-refractivity contribution in [2.24, 2.45) is 0 Å².